The van der Waals surface area contributed by atoms with E-state index in [2.05, 4.69) is 69.3 Å². The summed E-state index contributed by atoms with van der Waals surface area (Å²) >= 11 is 0. The molecule has 0 atom stereocenters. The van der Waals surface area contributed by atoms with Crippen LogP contribution in [0, 0.1) is 0 Å². The van der Waals surface area contributed by atoms with E-state index in [9.17, 15) is 0 Å². The van der Waals surface area contributed by atoms with Crippen LogP contribution >= 0.6 is 0 Å². The first kappa shape index (κ1) is 16.0. The molecular weight excluding hydrogens is 308 g/mol. The van der Waals surface area contributed by atoms with Gasteiger partial charge in [0.05, 0.1) is 7.11 Å². The van der Waals surface area contributed by atoms with E-state index in [0.717, 1.165) is 35.5 Å². The van der Waals surface area contributed by atoms with Crippen molar-refractivity contribution in [3.8, 4) is 5.75 Å². The quantitative estimate of drug-likeness (QED) is 0.658. The van der Waals surface area contributed by atoms with Crippen LogP contribution in [0.5, 0.6) is 5.75 Å². The van der Waals surface area contributed by atoms with Crippen molar-refractivity contribution in [1.82, 2.24) is 0 Å². The Morgan fingerprint density at radius 3 is 2.40 bits per heavy atom. The molecular formula is C23H24O2. The Morgan fingerprint density at radius 2 is 1.76 bits per heavy atom. The number of methoxy groups -OCH3 is 1. The van der Waals surface area contributed by atoms with Gasteiger partial charge in [-0.3, -0.25) is 0 Å². The monoisotopic (exact) mass is 332 g/mol. The lowest BCUT2D eigenvalue weighted by Crippen LogP contribution is -2.33. The van der Waals surface area contributed by atoms with Crippen molar-refractivity contribution in [3.05, 3.63) is 76.4 Å². The third kappa shape index (κ3) is 2.76. The van der Waals surface area contributed by atoms with Crippen molar-refractivity contribution in [2.75, 3.05) is 7.11 Å². The lowest BCUT2D eigenvalue weighted by Gasteiger charge is -2.36. The summed E-state index contributed by atoms with van der Waals surface area (Å²) in [5, 5.41) is 0. The second kappa shape index (κ2) is 5.80. The second-order valence-corrected chi connectivity index (χ2v) is 7.33. The molecule has 0 aromatic heterocycles. The van der Waals surface area contributed by atoms with Crippen LogP contribution in [0.4, 0.5) is 0 Å². The van der Waals surface area contributed by atoms with Crippen LogP contribution in [0.1, 0.15) is 50.3 Å². The van der Waals surface area contributed by atoms with Gasteiger partial charge in [-0.1, -0.05) is 30.3 Å². The highest BCUT2D eigenvalue weighted by Gasteiger charge is 2.33. The van der Waals surface area contributed by atoms with Crippen molar-refractivity contribution >= 4 is 11.3 Å². The number of hydrogen-bond acceptors (Lipinski definition) is 2. The summed E-state index contributed by atoms with van der Waals surface area (Å²) < 4.78 is 12.0. The summed E-state index contributed by atoms with van der Waals surface area (Å²) in [6, 6.07) is 17.0. The predicted molar refractivity (Wildman–Crippen MR) is 102 cm³/mol. The first-order chi connectivity index (χ1) is 12.0. The maximum atomic E-state index is 6.31. The summed E-state index contributed by atoms with van der Waals surface area (Å²) in [4.78, 5) is 0. The van der Waals surface area contributed by atoms with Gasteiger partial charge in [-0.05, 0) is 74.1 Å². The zero-order valence-electron chi connectivity index (χ0n) is 15.3. The van der Waals surface area contributed by atoms with Gasteiger partial charge in [-0.2, -0.15) is 0 Å². The number of fused-ring (bicyclic) bond motifs is 1. The molecule has 0 bridgehead atoms. The second-order valence-electron chi connectivity index (χ2n) is 7.33. The van der Waals surface area contributed by atoms with Gasteiger partial charge in [0.1, 0.15) is 17.1 Å². The Labute approximate surface area is 149 Å². The Balaban J connectivity index is 1.93. The fourth-order valence-electron chi connectivity index (χ4n) is 3.54. The third-order valence-corrected chi connectivity index (χ3v) is 5.24. The maximum Gasteiger partial charge on any atom is 0.128 e. The van der Waals surface area contributed by atoms with Crippen molar-refractivity contribution in [2.45, 2.75) is 39.2 Å². The Bertz CT molecular complexity index is 880. The van der Waals surface area contributed by atoms with Gasteiger partial charge in [-0.25, -0.2) is 0 Å². The Hall–Kier alpha value is -2.48. The topological polar surface area (TPSA) is 18.5 Å². The van der Waals surface area contributed by atoms with E-state index >= 15 is 0 Å². The number of benzene rings is 2. The number of hydrogen-bond donors (Lipinski definition) is 0. The molecule has 1 fully saturated rings. The van der Waals surface area contributed by atoms with Crippen LogP contribution < -0.4 is 4.74 Å². The van der Waals surface area contributed by atoms with Gasteiger partial charge in [0.25, 0.3) is 0 Å². The largest absolute Gasteiger partial charge is 0.496 e. The molecule has 1 aliphatic carbocycles. The minimum atomic E-state index is -0.321. The molecule has 1 heterocycles. The van der Waals surface area contributed by atoms with Crippen molar-refractivity contribution in [2.24, 2.45) is 0 Å². The number of ether oxygens (including phenoxy) is 2. The average molecular weight is 332 g/mol. The van der Waals surface area contributed by atoms with E-state index in [-0.39, 0.29) is 5.60 Å². The molecule has 0 unspecified atom stereocenters. The molecule has 2 aromatic rings. The first-order valence-electron chi connectivity index (χ1n) is 8.88. The van der Waals surface area contributed by atoms with Crippen LogP contribution in [0.2, 0.25) is 0 Å². The molecule has 0 spiro atoms. The molecule has 1 saturated carbocycles. The first-order valence-corrected chi connectivity index (χ1v) is 8.88. The predicted octanol–water partition coefficient (Wildman–Crippen LogP) is 5.83. The molecule has 25 heavy (non-hydrogen) atoms. The molecule has 4 rings (SSSR count). The van der Waals surface area contributed by atoms with E-state index in [4.69, 9.17) is 9.47 Å². The lowest BCUT2D eigenvalue weighted by molar-refractivity contribution is 0.144. The van der Waals surface area contributed by atoms with E-state index < -0.39 is 0 Å². The molecule has 0 N–H and O–H groups in total. The van der Waals surface area contributed by atoms with Crippen molar-refractivity contribution in [1.29, 1.82) is 0 Å². The van der Waals surface area contributed by atoms with E-state index in [1.54, 1.807) is 7.11 Å². The summed E-state index contributed by atoms with van der Waals surface area (Å²) in [7, 11) is 1.76. The van der Waals surface area contributed by atoms with Crippen LogP contribution in [0.3, 0.4) is 0 Å². The van der Waals surface area contributed by atoms with Crippen molar-refractivity contribution in [3.63, 3.8) is 0 Å². The van der Waals surface area contributed by atoms with E-state index in [1.807, 2.05) is 0 Å². The van der Waals surface area contributed by atoms with Crippen LogP contribution in [0.15, 0.2) is 59.7 Å². The fraction of sp³-hybridized carbons (Fsp3) is 0.304. The van der Waals surface area contributed by atoms with Crippen LogP contribution in [0.25, 0.3) is 11.3 Å². The summed E-state index contributed by atoms with van der Waals surface area (Å²) in [5.74, 6) is 1.96. The summed E-state index contributed by atoms with van der Waals surface area (Å²) in [6.45, 7) is 6.44. The van der Waals surface area contributed by atoms with Gasteiger partial charge in [-0.15, -0.1) is 0 Å². The lowest BCUT2D eigenvalue weighted by atomic mass is 9.83. The van der Waals surface area contributed by atoms with Gasteiger partial charge in [0, 0.05) is 11.1 Å². The van der Waals surface area contributed by atoms with Gasteiger partial charge in [0.15, 0.2) is 0 Å². The molecule has 2 heteroatoms. The molecule has 128 valence electrons. The highest BCUT2D eigenvalue weighted by Crippen LogP contribution is 2.45. The number of allylic oxidation sites excluding steroid dienone is 1. The molecule has 1 aliphatic heterocycles. The average Bonchev–Trinajstić information content (AvgIpc) is 3.43. The SMILES string of the molecule is COC(=C1CC1)c1ccc2c(c1)C(c1ccccc1)=C(C)C(C)(C)O2. The van der Waals surface area contributed by atoms with Crippen LogP contribution in [-0.4, -0.2) is 12.7 Å². The zero-order chi connectivity index (χ0) is 17.6. The molecule has 2 aromatic carbocycles. The molecule has 0 saturated heterocycles. The van der Waals surface area contributed by atoms with E-state index in [0.29, 0.717) is 0 Å². The Morgan fingerprint density at radius 1 is 1.04 bits per heavy atom. The normalized spacial score (nSPS) is 17.7. The molecule has 0 amide bonds. The Kier molecular flexibility index (Phi) is 3.72. The van der Waals surface area contributed by atoms with Crippen molar-refractivity contribution < 1.29 is 9.47 Å². The number of rotatable bonds is 3. The minimum absolute atomic E-state index is 0.321. The van der Waals surface area contributed by atoms with Gasteiger partial charge >= 0.3 is 0 Å². The van der Waals surface area contributed by atoms with E-state index in [1.165, 1.54) is 22.3 Å². The minimum Gasteiger partial charge on any atom is -0.496 e. The van der Waals surface area contributed by atoms with Gasteiger partial charge in [0.2, 0.25) is 0 Å². The third-order valence-electron chi connectivity index (χ3n) is 5.24. The van der Waals surface area contributed by atoms with Crippen LogP contribution in [-0.2, 0) is 4.74 Å². The molecule has 2 nitrogen and oxygen atoms in total. The zero-order valence-corrected chi connectivity index (χ0v) is 15.3. The smallest absolute Gasteiger partial charge is 0.128 e. The van der Waals surface area contributed by atoms with Gasteiger partial charge < -0.3 is 9.47 Å². The maximum absolute atomic E-state index is 6.31. The highest BCUT2D eigenvalue weighted by atomic mass is 16.5. The molecule has 0 radical (unpaired) electrons. The fourth-order valence-corrected chi connectivity index (χ4v) is 3.54. The molecule has 2 aliphatic rings. The summed E-state index contributed by atoms with van der Waals surface area (Å²) in [5.41, 5.74) is 7.12. The highest BCUT2D eigenvalue weighted by molar-refractivity contribution is 5.88. The standard InChI is InChI=1S/C23H24O2/c1-15-21(16-8-6-5-7-9-16)19-14-18(22(24-4)17-10-11-17)12-13-20(19)25-23(15,2)3/h5-9,12-14H,10-11H2,1-4H3. The summed E-state index contributed by atoms with van der Waals surface area (Å²) in [6.07, 6.45) is 2.29.